The summed E-state index contributed by atoms with van der Waals surface area (Å²) in [6, 6.07) is 0.454. The standard InChI is InChI=1S/C17H25N5O2/c1-12(16-13(2)20-24-14(16)3)10-19-17(23)21-7-4-15(5-8-21)22-9-6-18-11-22/h6,9,11-12,15H,4-5,7-8,10H2,1-3H3,(H,19,23)/t12-/m1/s1. The number of amides is 2. The number of likely N-dealkylation sites (tertiary alicyclic amines) is 1. The molecule has 0 aromatic carbocycles. The number of nitrogens with one attached hydrogen (secondary N) is 1. The van der Waals surface area contributed by atoms with E-state index in [2.05, 4.69) is 26.9 Å². The van der Waals surface area contributed by atoms with Gasteiger partial charge in [0.1, 0.15) is 5.76 Å². The second-order valence-electron chi connectivity index (χ2n) is 6.55. The number of rotatable bonds is 4. The van der Waals surface area contributed by atoms with Crippen LogP contribution >= 0.6 is 0 Å². The van der Waals surface area contributed by atoms with Crippen molar-refractivity contribution in [3.63, 3.8) is 0 Å². The lowest BCUT2D eigenvalue weighted by Gasteiger charge is -2.32. The number of piperidine rings is 1. The lowest BCUT2D eigenvalue weighted by atomic mass is 9.99. The summed E-state index contributed by atoms with van der Waals surface area (Å²) in [5.74, 6) is 1.01. The molecule has 1 fully saturated rings. The number of imidazole rings is 1. The molecule has 0 aliphatic carbocycles. The van der Waals surface area contributed by atoms with Crippen LogP contribution in [0.3, 0.4) is 0 Å². The summed E-state index contributed by atoms with van der Waals surface area (Å²) in [6.07, 6.45) is 7.57. The molecule has 3 heterocycles. The average Bonchev–Trinajstić information content (AvgIpc) is 3.23. The van der Waals surface area contributed by atoms with E-state index in [0.29, 0.717) is 12.6 Å². The molecule has 0 unspecified atom stereocenters. The van der Waals surface area contributed by atoms with Crippen LogP contribution < -0.4 is 5.32 Å². The summed E-state index contributed by atoms with van der Waals surface area (Å²) in [5.41, 5.74) is 1.99. The molecular formula is C17H25N5O2. The minimum absolute atomic E-state index is 0.0118. The third-order valence-electron chi connectivity index (χ3n) is 4.84. The van der Waals surface area contributed by atoms with E-state index in [1.165, 1.54) is 0 Å². The van der Waals surface area contributed by atoms with E-state index in [4.69, 9.17) is 4.52 Å². The van der Waals surface area contributed by atoms with E-state index >= 15 is 0 Å². The molecule has 0 spiro atoms. The number of urea groups is 1. The van der Waals surface area contributed by atoms with Crippen molar-refractivity contribution in [2.75, 3.05) is 19.6 Å². The van der Waals surface area contributed by atoms with Gasteiger partial charge in [-0.15, -0.1) is 0 Å². The summed E-state index contributed by atoms with van der Waals surface area (Å²) in [4.78, 5) is 18.4. The summed E-state index contributed by atoms with van der Waals surface area (Å²) in [7, 11) is 0. The van der Waals surface area contributed by atoms with Crippen molar-refractivity contribution >= 4 is 6.03 Å². The maximum Gasteiger partial charge on any atom is 0.317 e. The zero-order chi connectivity index (χ0) is 17.1. The molecule has 7 nitrogen and oxygen atoms in total. The van der Waals surface area contributed by atoms with E-state index in [1.54, 1.807) is 6.20 Å². The number of carbonyl (C=O) groups is 1. The number of hydrogen-bond acceptors (Lipinski definition) is 4. The van der Waals surface area contributed by atoms with Crippen LogP contribution in [0.2, 0.25) is 0 Å². The lowest BCUT2D eigenvalue weighted by Crippen LogP contribution is -2.45. The number of hydrogen-bond donors (Lipinski definition) is 1. The Hall–Kier alpha value is -2.31. The highest BCUT2D eigenvalue weighted by atomic mass is 16.5. The van der Waals surface area contributed by atoms with Gasteiger partial charge in [0.05, 0.1) is 12.0 Å². The van der Waals surface area contributed by atoms with Gasteiger partial charge >= 0.3 is 6.03 Å². The van der Waals surface area contributed by atoms with Crippen molar-refractivity contribution in [3.8, 4) is 0 Å². The zero-order valence-corrected chi connectivity index (χ0v) is 14.5. The molecule has 2 amide bonds. The van der Waals surface area contributed by atoms with Gasteiger partial charge in [0, 0.05) is 49.6 Å². The first-order valence-corrected chi connectivity index (χ1v) is 8.49. The highest BCUT2D eigenvalue weighted by Gasteiger charge is 2.24. The molecule has 24 heavy (non-hydrogen) atoms. The largest absolute Gasteiger partial charge is 0.361 e. The molecule has 2 aromatic rings. The predicted molar refractivity (Wildman–Crippen MR) is 89.9 cm³/mol. The molecule has 130 valence electrons. The summed E-state index contributed by atoms with van der Waals surface area (Å²) in [5, 5.41) is 7.02. The first-order chi connectivity index (χ1) is 11.6. The Bertz CT molecular complexity index is 652. The molecule has 1 N–H and O–H groups in total. The molecule has 0 radical (unpaired) electrons. The highest BCUT2D eigenvalue weighted by Crippen LogP contribution is 2.24. The fourth-order valence-electron chi connectivity index (χ4n) is 3.50. The molecule has 7 heteroatoms. The van der Waals surface area contributed by atoms with Crippen LogP contribution in [-0.4, -0.2) is 45.3 Å². The molecule has 0 bridgehead atoms. The Balaban J connectivity index is 1.48. The monoisotopic (exact) mass is 331 g/mol. The van der Waals surface area contributed by atoms with E-state index in [-0.39, 0.29) is 11.9 Å². The van der Waals surface area contributed by atoms with Gasteiger partial charge in [-0.1, -0.05) is 12.1 Å². The number of aryl methyl sites for hydroxylation is 2. The molecule has 1 aliphatic heterocycles. The van der Waals surface area contributed by atoms with E-state index < -0.39 is 0 Å². The topological polar surface area (TPSA) is 76.2 Å². The van der Waals surface area contributed by atoms with Gasteiger partial charge in [0.15, 0.2) is 0 Å². The Morgan fingerprint density at radius 3 is 2.75 bits per heavy atom. The number of aromatic nitrogens is 3. The van der Waals surface area contributed by atoms with E-state index in [1.807, 2.05) is 31.3 Å². The van der Waals surface area contributed by atoms with Crippen molar-refractivity contribution < 1.29 is 9.32 Å². The van der Waals surface area contributed by atoms with Crippen LogP contribution in [0.5, 0.6) is 0 Å². The third-order valence-corrected chi connectivity index (χ3v) is 4.84. The van der Waals surface area contributed by atoms with Gasteiger partial charge in [-0.2, -0.15) is 0 Å². The molecule has 0 saturated carbocycles. The van der Waals surface area contributed by atoms with Gasteiger partial charge in [-0.25, -0.2) is 9.78 Å². The number of carbonyl (C=O) groups excluding carboxylic acids is 1. The molecule has 3 rings (SSSR count). The second kappa shape index (κ2) is 7.07. The van der Waals surface area contributed by atoms with Crippen molar-refractivity contribution in [1.82, 2.24) is 24.9 Å². The second-order valence-corrected chi connectivity index (χ2v) is 6.55. The van der Waals surface area contributed by atoms with Crippen LogP contribution in [0.1, 0.15) is 48.7 Å². The number of nitrogens with zero attached hydrogens (tertiary/aromatic N) is 4. The van der Waals surface area contributed by atoms with E-state index in [9.17, 15) is 4.79 Å². The van der Waals surface area contributed by atoms with Crippen LogP contribution in [0.15, 0.2) is 23.2 Å². The van der Waals surface area contributed by atoms with Crippen LogP contribution in [-0.2, 0) is 0 Å². The Morgan fingerprint density at radius 2 is 2.17 bits per heavy atom. The SMILES string of the molecule is Cc1noc(C)c1[C@H](C)CNC(=O)N1CCC(n2ccnc2)CC1. The Labute approximate surface area is 142 Å². The lowest BCUT2D eigenvalue weighted by molar-refractivity contribution is 0.171. The van der Waals surface area contributed by atoms with Crippen molar-refractivity contribution in [2.24, 2.45) is 0 Å². The minimum Gasteiger partial charge on any atom is -0.361 e. The van der Waals surface area contributed by atoms with Gasteiger partial charge in [-0.3, -0.25) is 0 Å². The molecule has 1 aliphatic rings. The van der Waals surface area contributed by atoms with Crippen molar-refractivity contribution in [2.45, 2.75) is 45.6 Å². The molecule has 1 atom stereocenters. The van der Waals surface area contributed by atoms with Gasteiger partial charge in [0.2, 0.25) is 0 Å². The quantitative estimate of drug-likeness (QED) is 0.934. The maximum absolute atomic E-state index is 12.4. The molecular weight excluding hydrogens is 306 g/mol. The average molecular weight is 331 g/mol. The van der Waals surface area contributed by atoms with Crippen LogP contribution in [0, 0.1) is 13.8 Å². The zero-order valence-electron chi connectivity index (χ0n) is 14.5. The predicted octanol–water partition coefficient (Wildman–Crippen LogP) is 2.64. The van der Waals surface area contributed by atoms with E-state index in [0.717, 1.165) is 42.9 Å². The fourth-order valence-corrected chi connectivity index (χ4v) is 3.50. The molecule has 2 aromatic heterocycles. The summed E-state index contributed by atoms with van der Waals surface area (Å²) >= 11 is 0. The fraction of sp³-hybridized carbons (Fsp3) is 0.588. The first kappa shape index (κ1) is 16.5. The van der Waals surface area contributed by atoms with Crippen LogP contribution in [0.4, 0.5) is 4.79 Å². The highest BCUT2D eigenvalue weighted by molar-refractivity contribution is 5.74. The van der Waals surface area contributed by atoms with Gasteiger partial charge in [0.25, 0.3) is 0 Å². The van der Waals surface area contributed by atoms with Gasteiger partial charge in [-0.05, 0) is 26.7 Å². The first-order valence-electron chi connectivity index (χ1n) is 8.49. The minimum atomic E-state index is 0.0118. The third kappa shape index (κ3) is 3.44. The molecule has 1 saturated heterocycles. The maximum atomic E-state index is 12.4. The van der Waals surface area contributed by atoms with Crippen LogP contribution in [0.25, 0.3) is 0 Å². The Kier molecular flexibility index (Phi) is 4.87. The Morgan fingerprint density at radius 1 is 1.42 bits per heavy atom. The van der Waals surface area contributed by atoms with Crippen molar-refractivity contribution in [3.05, 3.63) is 35.7 Å². The normalized spacial score (nSPS) is 17.0. The smallest absolute Gasteiger partial charge is 0.317 e. The van der Waals surface area contributed by atoms with Crippen molar-refractivity contribution in [1.29, 1.82) is 0 Å². The van der Waals surface area contributed by atoms with Gasteiger partial charge < -0.3 is 19.3 Å². The summed E-state index contributed by atoms with van der Waals surface area (Å²) < 4.78 is 7.34. The summed E-state index contributed by atoms with van der Waals surface area (Å²) in [6.45, 7) is 8.06.